The average Bonchev–Trinajstić information content (AvgIpc) is 2.80. The maximum absolute atomic E-state index is 13.5. The zero-order valence-corrected chi connectivity index (χ0v) is 8.44. The monoisotopic (exact) mass is 245 g/mol. The molecule has 4 heteroatoms. The zero-order valence-electron chi connectivity index (χ0n) is 6.85. The molecule has 0 heterocycles. The molecule has 70 valence electrons. The van der Waals surface area contributed by atoms with Crippen molar-refractivity contribution >= 4 is 15.9 Å². The molecule has 0 unspecified atom stereocenters. The molecule has 2 nitrogen and oxygen atoms in total. The molecule has 1 aromatic rings. The number of hydrogen-bond acceptors (Lipinski definition) is 2. The second-order valence-electron chi connectivity index (χ2n) is 3.42. The molecule has 0 radical (unpaired) electrons. The van der Waals surface area contributed by atoms with Crippen LogP contribution in [-0.2, 0) is 5.54 Å². The Morgan fingerprint density at radius 1 is 1.46 bits per heavy atom. The fraction of sp³-hybridized carbons (Fsp3) is 0.333. The average molecular weight is 246 g/mol. The van der Waals surface area contributed by atoms with E-state index in [-0.39, 0.29) is 10.2 Å². The highest BCUT2D eigenvalue weighted by molar-refractivity contribution is 9.10. The van der Waals surface area contributed by atoms with Crippen molar-refractivity contribution < 1.29 is 9.50 Å². The van der Waals surface area contributed by atoms with Gasteiger partial charge in [0.1, 0.15) is 11.6 Å². The second kappa shape index (κ2) is 2.69. The molecule has 1 aliphatic rings. The summed E-state index contributed by atoms with van der Waals surface area (Å²) < 4.78 is 13.6. The van der Waals surface area contributed by atoms with Gasteiger partial charge in [-0.25, -0.2) is 4.39 Å². The molecule has 0 aromatic heterocycles. The summed E-state index contributed by atoms with van der Waals surface area (Å²) in [7, 11) is 0. The number of phenolic OH excluding ortho intramolecular Hbond substituents is 1. The minimum Gasteiger partial charge on any atom is -0.507 e. The van der Waals surface area contributed by atoms with Crippen molar-refractivity contribution in [2.75, 3.05) is 0 Å². The van der Waals surface area contributed by atoms with Gasteiger partial charge in [-0.15, -0.1) is 0 Å². The second-order valence-corrected chi connectivity index (χ2v) is 4.21. The van der Waals surface area contributed by atoms with Crippen molar-refractivity contribution in [2.24, 2.45) is 5.73 Å². The lowest BCUT2D eigenvalue weighted by atomic mass is 10.1. The Balaban J connectivity index is 2.54. The summed E-state index contributed by atoms with van der Waals surface area (Å²) in [5, 5.41) is 9.18. The first-order chi connectivity index (χ1) is 6.04. The number of aromatic hydroxyl groups is 1. The molecule has 1 aliphatic carbocycles. The number of nitrogens with two attached hydrogens (primary N) is 1. The van der Waals surface area contributed by atoms with Gasteiger partial charge >= 0.3 is 0 Å². The van der Waals surface area contributed by atoms with Crippen molar-refractivity contribution in [3.8, 4) is 5.75 Å². The number of benzene rings is 1. The minimum absolute atomic E-state index is 0.0921. The lowest BCUT2D eigenvalue weighted by Gasteiger charge is -2.11. The van der Waals surface area contributed by atoms with Crippen molar-refractivity contribution in [3.05, 3.63) is 28.0 Å². The molecule has 0 amide bonds. The first-order valence-electron chi connectivity index (χ1n) is 4.01. The van der Waals surface area contributed by atoms with Crippen molar-refractivity contribution in [1.29, 1.82) is 0 Å². The molecule has 13 heavy (non-hydrogen) atoms. The van der Waals surface area contributed by atoms with E-state index in [0.29, 0.717) is 5.56 Å². The van der Waals surface area contributed by atoms with Crippen molar-refractivity contribution in [3.63, 3.8) is 0 Å². The smallest absolute Gasteiger partial charge is 0.146 e. The highest BCUT2D eigenvalue weighted by Crippen LogP contribution is 2.45. The minimum atomic E-state index is -0.500. The van der Waals surface area contributed by atoms with Crippen molar-refractivity contribution in [2.45, 2.75) is 18.4 Å². The molecule has 1 fully saturated rings. The van der Waals surface area contributed by atoms with Gasteiger partial charge in [0.25, 0.3) is 0 Å². The summed E-state index contributed by atoms with van der Waals surface area (Å²) in [6, 6.07) is 3.00. The van der Waals surface area contributed by atoms with Gasteiger partial charge in [-0.2, -0.15) is 0 Å². The fourth-order valence-corrected chi connectivity index (χ4v) is 1.67. The summed E-state index contributed by atoms with van der Waals surface area (Å²) in [6.45, 7) is 0. The topological polar surface area (TPSA) is 46.2 Å². The third kappa shape index (κ3) is 1.34. The quantitative estimate of drug-likeness (QED) is 0.798. The van der Waals surface area contributed by atoms with Crippen LogP contribution in [0.3, 0.4) is 0 Å². The first-order valence-corrected chi connectivity index (χ1v) is 4.80. The number of rotatable bonds is 1. The maximum Gasteiger partial charge on any atom is 0.146 e. The Hall–Kier alpha value is -0.610. The van der Waals surface area contributed by atoms with E-state index in [2.05, 4.69) is 15.9 Å². The van der Waals surface area contributed by atoms with E-state index in [1.807, 2.05) is 0 Å². The van der Waals surface area contributed by atoms with E-state index >= 15 is 0 Å². The van der Waals surface area contributed by atoms with Crippen LogP contribution in [0.2, 0.25) is 0 Å². The predicted molar refractivity (Wildman–Crippen MR) is 50.9 cm³/mol. The molecule has 0 atom stereocenters. The SMILES string of the molecule is NC1(c2ccc(O)c(Br)c2F)CC1. The molecule has 0 aliphatic heterocycles. The third-order valence-electron chi connectivity index (χ3n) is 2.39. The van der Waals surface area contributed by atoms with Gasteiger partial charge in [0.05, 0.1) is 4.47 Å². The lowest BCUT2D eigenvalue weighted by molar-refractivity contribution is 0.460. The molecule has 3 N–H and O–H groups in total. The number of hydrogen-bond donors (Lipinski definition) is 2. The van der Waals surface area contributed by atoms with Gasteiger partial charge in [0, 0.05) is 11.1 Å². The zero-order chi connectivity index (χ0) is 9.64. The predicted octanol–water partition coefficient (Wildman–Crippen LogP) is 2.24. The van der Waals surface area contributed by atoms with Crippen LogP contribution >= 0.6 is 15.9 Å². The Bertz CT molecular complexity index is 363. The van der Waals surface area contributed by atoms with Gasteiger partial charge in [-0.3, -0.25) is 0 Å². The van der Waals surface area contributed by atoms with E-state index in [1.54, 1.807) is 6.07 Å². The largest absolute Gasteiger partial charge is 0.507 e. The summed E-state index contributed by atoms with van der Waals surface area (Å²) >= 11 is 2.97. The summed E-state index contributed by atoms with van der Waals surface area (Å²) in [4.78, 5) is 0. The maximum atomic E-state index is 13.5. The summed E-state index contributed by atoms with van der Waals surface area (Å²) in [5.74, 6) is -0.537. The van der Waals surface area contributed by atoms with Gasteiger partial charge in [-0.1, -0.05) is 6.07 Å². The molecule has 0 spiro atoms. The van der Waals surface area contributed by atoms with Crippen LogP contribution in [0.5, 0.6) is 5.75 Å². The van der Waals surface area contributed by atoms with E-state index < -0.39 is 11.4 Å². The Kier molecular flexibility index (Phi) is 1.85. The highest BCUT2D eigenvalue weighted by Gasteiger charge is 2.42. The first kappa shape index (κ1) is 8.97. The van der Waals surface area contributed by atoms with Crippen LogP contribution < -0.4 is 5.73 Å². The van der Waals surface area contributed by atoms with Crippen LogP contribution in [0.4, 0.5) is 4.39 Å². The lowest BCUT2D eigenvalue weighted by Crippen LogP contribution is -2.20. The Labute approximate surface area is 83.7 Å². The van der Waals surface area contributed by atoms with E-state index in [9.17, 15) is 9.50 Å². The van der Waals surface area contributed by atoms with Gasteiger partial charge in [0.15, 0.2) is 0 Å². The Morgan fingerprint density at radius 2 is 2.08 bits per heavy atom. The van der Waals surface area contributed by atoms with Crippen LogP contribution in [0.1, 0.15) is 18.4 Å². The molecule has 0 saturated heterocycles. The molecular formula is C9H9BrFNO. The van der Waals surface area contributed by atoms with Crippen LogP contribution in [-0.4, -0.2) is 5.11 Å². The van der Waals surface area contributed by atoms with Crippen LogP contribution in [0.15, 0.2) is 16.6 Å². The molecule has 1 aromatic carbocycles. The number of halogens is 2. The van der Waals surface area contributed by atoms with Crippen molar-refractivity contribution in [1.82, 2.24) is 0 Å². The van der Waals surface area contributed by atoms with Gasteiger partial charge in [0.2, 0.25) is 0 Å². The normalized spacial score (nSPS) is 18.7. The molecule has 0 bridgehead atoms. The number of phenols is 1. The van der Waals surface area contributed by atoms with E-state index in [1.165, 1.54) is 6.07 Å². The van der Waals surface area contributed by atoms with Crippen LogP contribution in [0.25, 0.3) is 0 Å². The van der Waals surface area contributed by atoms with Gasteiger partial charge in [-0.05, 0) is 34.8 Å². The van der Waals surface area contributed by atoms with E-state index in [4.69, 9.17) is 5.73 Å². The van der Waals surface area contributed by atoms with E-state index in [0.717, 1.165) is 12.8 Å². The Morgan fingerprint density at radius 3 is 2.62 bits per heavy atom. The van der Waals surface area contributed by atoms with Crippen LogP contribution in [0, 0.1) is 5.82 Å². The molecule has 1 saturated carbocycles. The fourth-order valence-electron chi connectivity index (χ4n) is 1.33. The van der Waals surface area contributed by atoms with Gasteiger partial charge < -0.3 is 10.8 Å². The highest BCUT2D eigenvalue weighted by atomic mass is 79.9. The standard InChI is InChI=1S/C9H9BrFNO/c10-7-6(13)2-1-5(8(7)11)9(12)3-4-9/h1-2,13H,3-4,12H2. The summed E-state index contributed by atoms with van der Waals surface area (Å²) in [6.07, 6.45) is 1.61. The molecule has 2 rings (SSSR count). The summed E-state index contributed by atoms with van der Waals surface area (Å²) in [5.41, 5.74) is 5.83. The molecular weight excluding hydrogens is 237 g/mol. The third-order valence-corrected chi connectivity index (χ3v) is 3.14.